The van der Waals surface area contributed by atoms with Crippen LogP contribution >= 0.6 is 11.6 Å². The molecule has 30 heavy (non-hydrogen) atoms. The van der Waals surface area contributed by atoms with E-state index in [1.165, 1.54) is 0 Å². The Balaban J connectivity index is 1.62. The maximum atomic E-state index is 13.4. The summed E-state index contributed by atoms with van der Waals surface area (Å²) in [5, 5.41) is 6.17. The fourth-order valence-corrected chi connectivity index (χ4v) is 5.91. The zero-order chi connectivity index (χ0) is 21.7. The molecule has 0 saturated carbocycles. The van der Waals surface area contributed by atoms with Crippen molar-refractivity contribution in [3.63, 3.8) is 0 Å². The second kappa shape index (κ2) is 9.81. The number of hydrogen-bond donors (Lipinski definition) is 2. The van der Waals surface area contributed by atoms with Gasteiger partial charge in [-0.3, -0.25) is 0 Å². The smallest absolute Gasteiger partial charge is 0.319 e. The first-order valence-corrected chi connectivity index (χ1v) is 12.0. The highest BCUT2D eigenvalue weighted by atomic mass is 35.5. The number of urea groups is 1. The molecule has 1 saturated heterocycles. The van der Waals surface area contributed by atoms with Crippen molar-refractivity contribution >= 4 is 33.3 Å². The molecule has 6 nitrogen and oxygen atoms in total. The molecule has 2 amide bonds. The number of carbonyl (C=O) groups is 1. The lowest BCUT2D eigenvalue weighted by Crippen LogP contribution is -2.45. The maximum Gasteiger partial charge on any atom is 0.319 e. The van der Waals surface area contributed by atoms with Gasteiger partial charge in [0.05, 0.1) is 4.90 Å². The minimum absolute atomic E-state index is 0.125. The largest absolute Gasteiger partial charge is 0.338 e. The van der Waals surface area contributed by atoms with Crippen molar-refractivity contribution in [2.24, 2.45) is 0 Å². The van der Waals surface area contributed by atoms with Gasteiger partial charge in [0, 0.05) is 29.8 Å². The number of carbonyl (C=O) groups excluding carboxylic acids is 1. The summed E-state index contributed by atoms with van der Waals surface area (Å²) in [5.74, 6) is 0. The van der Waals surface area contributed by atoms with Crippen LogP contribution < -0.4 is 10.6 Å². The highest BCUT2D eigenvalue weighted by molar-refractivity contribution is 7.89. The molecule has 0 radical (unpaired) electrons. The summed E-state index contributed by atoms with van der Waals surface area (Å²) in [6.45, 7) is 4.63. The Kier molecular flexibility index (Phi) is 7.39. The van der Waals surface area contributed by atoms with E-state index < -0.39 is 10.0 Å². The molecule has 1 heterocycles. The van der Waals surface area contributed by atoms with Gasteiger partial charge in [-0.1, -0.05) is 30.2 Å². The first-order valence-electron chi connectivity index (χ1n) is 10.2. The number of halogens is 1. The van der Waals surface area contributed by atoms with Gasteiger partial charge < -0.3 is 10.6 Å². The molecular weight excluding hydrogens is 422 g/mol. The van der Waals surface area contributed by atoms with Gasteiger partial charge in [0.25, 0.3) is 0 Å². The van der Waals surface area contributed by atoms with Crippen LogP contribution in [0.15, 0.2) is 47.4 Å². The number of benzene rings is 2. The van der Waals surface area contributed by atoms with Crippen LogP contribution in [0.3, 0.4) is 0 Å². The highest BCUT2D eigenvalue weighted by Crippen LogP contribution is 2.29. The molecule has 1 fully saturated rings. The molecule has 0 bridgehead atoms. The number of sulfonamides is 1. The monoisotopic (exact) mass is 449 g/mol. The zero-order valence-electron chi connectivity index (χ0n) is 17.3. The molecule has 0 unspecified atom stereocenters. The quantitative estimate of drug-likeness (QED) is 0.670. The molecule has 3 rings (SSSR count). The summed E-state index contributed by atoms with van der Waals surface area (Å²) in [6, 6.07) is 11.9. The number of nitrogens with one attached hydrogen (secondary N) is 2. The topological polar surface area (TPSA) is 78.5 Å². The Morgan fingerprint density at radius 3 is 2.60 bits per heavy atom. The van der Waals surface area contributed by atoms with Gasteiger partial charge in [0.1, 0.15) is 0 Å². The predicted molar refractivity (Wildman–Crippen MR) is 121 cm³/mol. The van der Waals surface area contributed by atoms with Gasteiger partial charge in [-0.2, -0.15) is 4.31 Å². The number of piperidine rings is 1. The van der Waals surface area contributed by atoms with Crippen LogP contribution in [0.1, 0.15) is 36.8 Å². The number of hydrogen-bond acceptors (Lipinski definition) is 3. The Morgan fingerprint density at radius 2 is 1.87 bits per heavy atom. The summed E-state index contributed by atoms with van der Waals surface area (Å²) < 4.78 is 28.3. The van der Waals surface area contributed by atoms with E-state index >= 15 is 0 Å². The summed E-state index contributed by atoms with van der Waals surface area (Å²) >= 11 is 5.85. The van der Waals surface area contributed by atoms with Crippen LogP contribution in [0.4, 0.5) is 10.5 Å². The minimum Gasteiger partial charge on any atom is -0.338 e. The van der Waals surface area contributed by atoms with Gasteiger partial charge >= 0.3 is 6.03 Å². The van der Waals surface area contributed by atoms with E-state index in [1.807, 2.05) is 26.0 Å². The van der Waals surface area contributed by atoms with Gasteiger partial charge in [-0.05, 0) is 74.6 Å². The van der Waals surface area contributed by atoms with Crippen molar-refractivity contribution < 1.29 is 13.2 Å². The fourth-order valence-electron chi connectivity index (χ4n) is 3.75. The average molecular weight is 450 g/mol. The summed E-state index contributed by atoms with van der Waals surface area (Å²) in [7, 11) is -3.58. The molecule has 0 spiro atoms. The Bertz CT molecular complexity index is 993. The Labute approximate surface area is 183 Å². The lowest BCUT2D eigenvalue weighted by Gasteiger charge is -2.35. The molecular formula is C22H28ClN3O3S. The lowest BCUT2D eigenvalue weighted by atomic mass is 10.0. The maximum absolute atomic E-state index is 13.4. The number of nitrogens with zero attached hydrogens (tertiary/aromatic N) is 1. The lowest BCUT2D eigenvalue weighted by molar-refractivity contribution is 0.234. The van der Waals surface area contributed by atoms with E-state index in [0.29, 0.717) is 35.1 Å². The first kappa shape index (κ1) is 22.6. The summed E-state index contributed by atoms with van der Waals surface area (Å²) in [4.78, 5) is 12.5. The van der Waals surface area contributed by atoms with Gasteiger partial charge in [0.2, 0.25) is 10.0 Å². The van der Waals surface area contributed by atoms with E-state index in [9.17, 15) is 13.2 Å². The average Bonchev–Trinajstić information content (AvgIpc) is 2.72. The van der Waals surface area contributed by atoms with Crippen molar-refractivity contribution in [2.45, 2.75) is 50.5 Å². The molecule has 2 N–H and O–H groups in total. The zero-order valence-corrected chi connectivity index (χ0v) is 18.9. The standard InChI is InChI=1S/C22H28ClN3O3S/c1-16-6-7-17(2)21(15-16)30(28,29)26-14-4-3-5-20(26)12-13-24-22(27)25-19-10-8-18(23)9-11-19/h6-11,15,20H,3-5,12-14H2,1-2H3,(H2,24,25,27)/t20-/m1/s1. The van der Waals surface area contributed by atoms with E-state index in [4.69, 9.17) is 11.6 Å². The molecule has 2 aromatic carbocycles. The van der Waals surface area contributed by atoms with Crippen LogP contribution in [0.2, 0.25) is 5.02 Å². The SMILES string of the molecule is Cc1ccc(C)c(S(=O)(=O)N2CCCC[C@@H]2CCNC(=O)Nc2ccc(Cl)cc2)c1. The van der Waals surface area contributed by atoms with Gasteiger partial charge in [-0.25, -0.2) is 13.2 Å². The number of rotatable bonds is 6. The predicted octanol–water partition coefficient (Wildman–Crippen LogP) is 4.71. The third kappa shape index (κ3) is 5.53. The number of amides is 2. The van der Waals surface area contributed by atoms with Crippen molar-refractivity contribution in [1.29, 1.82) is 0 Å². The first-order chi connectivity index (χ1) is 14.3. The van der Waals surface area contributed by atoms with E-state index in [1.54, 1.807) is 34.6 Å². The normalized spacial score (nSPS) is 17.5. The summed E-state index contributed by atoms with van der Waals surface area (Å²) in [5.41, 5.74) is 2.33. The molecule has 0 aliphatic carbocycles. The minimum atomic E-state index is -3.58. The fraction of sp³-hybridized carbons (Fsp3) is 0.409. The van der Waals surface area contributed by atoms with Crippen LogP contribution in [-0.2, 0) is 10.0 Å². The van der Waals surface area contributed by atoms with E-state index in [-0.39, 0.29) is 12.1 Å². The third-order valence-electron chi connectivity index (χ3n) is 5.37. The second-order valence-electron chi connectivity index (χ2n) is 7.71. The van der Waals surface area contributed by atoms with E-state index in [0.717, 1.165) is 30.4 Å². The van der Waals surface area contributed by atoms with Crippen LogP contribution in [0, 0.1) is 13.8 Å². The number of aryl methyl sites for hydroxylation is 2. The van der Waals surface area contributed by atoms with Crippen LogP contribution in [-0.4, -0.2) is 37.9 Å². The van der Waals surface area contributed by atoms with E-state index in [2.05, 4.69) is 10.6 Å². The second-order valence-corrected chi connectivity index (χ2v) is 10.0. The molecule has 162 valence electrons. The molecule has 8 heteroatoms. The van der Waals surface area contributed by atoms with Gasteiger partial charge in [0.15, 0.2) is 0 Å². The molecule has 2 aromatic rings. The molecule has 0 aromatic heterocycles. The van der Waals surface area contributed by atoms with Crippen LogP contribution in [0.5, 0.6) is 0 Å². The van der Waals surface area contributed by atoms with Crippen molar-refractivity contribution in [2.75, 3.05) is 18.4 Å². The highest BCUT2D eigenvalue weighted by Gasteiger charge is 2.34. The molecule has 1 aliphatic heterocycles. The number of anilines is 1. The van der Waals surface area contributed by atoms with Crippen molar-refractivity contribution in [1.82, 2.24) is 9.62 Å². The molecule has 1 atom stereocenters. The third-order valence-corrected chi connectivity index (χ3v) is 7.71. The van der Waals surface area contributed by atoms with Crippen molar-refractivity contribution in [3.8, 4) is 0 Å². The Morgan fingerprint density at radius 1 is 1.13 bits per heavy atom. The van der Waals surface area contributed by atoms with Crippen LogP contribution in [0.25, 0.3) is 0 Å². The van der Waals surface area contributed by atoms with Gasteiger partial charge in [-0.15, -0.1) is 0 Å². The van der Waals surface area contributed by atoms with Crippen molar-refractivity contribution in [3.05, 3.63) is 58.6 Å². The molecule has 1 aliphatic rings. The summed E-state index contributed by atoms with van der Waals surface area (Å²) in [6.07, 6.45) is 3.20. The Hall–Kier alpha value is -2.09.